The summed E-state index contributed by atoms with van der Waals surface area (Å²) in [5.74, 6) is -0.145. The zero-order chi connectivity index (χ0) is 13.5. The Bertz CT molecular complexity index is 396. The van der Waals surface area contributed by atoms with Gasteiger partial charge in [0.1, 0.15) is 6.10 Å². The highest BCUT2D eigenvalue weighted by atomic mass is 16.3. The summed E-state index contributed by atoms with van der Waals surface area (Å²) in [4.78, 5) is 10.7. The van der Waals surface area contributed by atoms with Crippen LogP contribution in [0.15, 0.2) is 24.3 Å². The van der Waals surface area contributed by atoms with Crippen LogP contribution in [0.2, 0.25) is 0 Å². The Morgan fingerprint density at radius 3 is 2.72 bits per heavy atom. The molecule has 0 heterocycles. The van der Waals surface area contributed by atoms with Gasteiger partial charge in [0.15, 0.2) is 0 Å². The lowest BCUT2D eigenvalue weighted by Gasteiger charge is -2.18. The molecule has 0 saturated carbocycles. The zero-order valence-electron chi connectivity index (χ0n) is 10.7. The third-order valence-electron chi connectivity index (χ3n) is 2.70. The molecule has 1 rings (SSSR count). The number of amides is 1. The largest absolute Gasteiger partial charge is 0.390 e. The number of benzene rings is 1. The average molecular weight is 252 g/mol. The predicted molar refractivity (Wildman–Crippen MR) is 70.3 cm³/mol. The number of hydrogen-bond acceptors (Lipinski definition) is 4. The van der Waals surface area contributed by atoms with Crippen molar-refractivity contribution in [2.75, 3.05) is 18.9 Å². The van der Waals surface area contributed by atoms with Crippen molar-refractivity contribution >= 4 is 11.6 Å². The van der Waals surface area contributed by atoms with E-state index in [1.165, 1.54) is 6.92 Å². The summed E-state index contributed by atoms with van der Waals surface area (Å²) in [7, 11) is 1.79. The van der Waals surface area contributed by atoms with E-state index in [9.17, 15) is 15.0 Å². The summed E-state index contributed by atoms with van der Waals surface area (Å²) in [5, 5.41) is 25.4. The number of rotatable bonds is 6. The zero-order valence-corrected chi connectivity index (χ0v) is 10.7. The van der Waals surface area contributed by atoms with Crippen LogP contribution < -0.4 is 10.6 Å². The molecule has 4 N–H and O–H groups in total. The minimum Gasteiger partial charge on any atom is -0.390 e. The molecule has 0 aliphatic carbocycles. The first-order valence-corrected chi connectivity index (χ1v) is 5.93. The fourth-order valence-electron chi connectivity index (χ4n) is 1.65. The third-order valence-corrected chi connectivity index (χ3v) is 2.70. The second-order valence-electron chi connectivity index (χ2n) is 4.16. The normalized spacial score (nSPS) is 13.8. The topological polar surface area (TPSA) is 81.6 Å². The number of aliphatic hydroxyl groups is 2. The maximum Gasteiger partial charge on any atom is 0.216 e. The first-order chi connectivity index (χ1) is 8.54. The van der Waals surface area contributed by atoms with Gasteiger partial charge in [-0.2, -0.15) is 0 Å². The maximum absolute atomic E-state index is 10.7. The van der Waals surface area contributed by atoms with Gasteiger partial charge in [0, 0.05) is 26.2 Å². The molecule has 0 fully saturated rings. The van der Waals surface area contributed by atoms with Gasteiger partial charge in [-0.1, -0.05) is 12.1 Å². The van der Waals surface area contributed by atoms with Crippen LogP contribution in [0.1, 0.15) is 25.0 Å². The molecular formula is C13H20N2O3. The molecule has 5 heteroatoms. The molecule has 2 atom stereocenters. The SMILES string of the molecule is CNc1cccc(C(O)C(O)CCNC(C)=O)c1. The molecule has 0 aromatic heterocycles. The van der Waals surface area contributed by atoms with Crippen LogP contribution in [0, 0.1) is 0 Å². The van der Waals surface area contributed by atoms with Crippen molar-refractivity contribution in [3.63, 3.8) is 0 Å². The Morgan fingerprint density at radius 1 is 1.39 bits per heavy atom. The van der Waals surface area contributed by atoms with Crippen LogP contribution in [-0.2, 0) is 4.79 Å². The van der Waals surface area contributed by atoms with Gasteiger partial charge in [0.25, 0.3) is 0 Å². The molecule has 0 bridgehead atoms. The van der Waals surface area contributed by atoms with Gasteiger partial charge in [0.2, 0.25) is 5.91 Å². The van der Waals surface area contributed by atoms with Crippen molar-refractivity contribution < 1.29 is 15.0 Å². The quantitative estimate of drug-likeness (QED) is 0.599. The lowest BCUT2D eigenvalue weighted by atomic mass is 10.0. The molecule has 1 aromatic rings. The van der Waals surface area contributed by atoms with E-state index in [-0.39, 0.29) is 5.91 Å². The number of hydrogen-bond donors (Lipinski definition) is 4. The standard InChI is InChI=1S/C13H20N2O3/c1-9(16)15-7-6-12(17)13(18)10-4-3-5-11(8-10)14-2/h3-5,8,12-14,17-18H,6-7H2,1-2H3,(H,15,16). The number of aliphatic hydroxyl groups excluding tert-OH is 2. The molecule has 0 spiro atoms. The number of anilines is 1. The van der Waals surface area contributed by atoms with Gasteiger partial charge < -0.3 is 20.8 Å². The molecule has 2 unspecified atom stereocenters. The lowest BCUT2D eigenvalue weighted by molar-refractivity contribution is -0.119. The Balaban J connectivity index is 2.56. The maximum atomic E-state index is 10.7. The minimum absolute atomic E-state index is 0.145. The molecule has 0 aliphatic heterocycles. The second-order valence-corrected chi connectivity index (χ2v) is 4.16. The Morgan fingerprint density at radius 2 is 2.11 bits per heavy atom. The molecule has 100 valence electrons. The monoisotopic (exact) mass is 252 g/mol. The summed E-state index contributed by atoms with van der Waals surface area (Å²) >= 11 is 0. The molecule has 0 radical (unpaired) electrons. The molecule has 1 amide bonds. The van der Waals surface area contributed by atoms with Crippen LogP contribution in [0.3, 0.4) is 0 Å². The van der Waals surface area contributed by atoms with E-state index in [0.717, 1.165) is 5.69 Å². The van der Waals surface area contributed by atoms with Crippen molar-refractivity contribution in [1.82, 2.24) is 5.32 Å². The van der Waals surface area contributed by atoms with Crippen molar-refractivity contribution in [2.24, 2.45) is 0 Å². The Kier molecular flexibility index (Phi) is 5.61. The highest BCUT2D eigenvalue weighted by molar-refractivity contribution is 5.72. The summed E-state index contributed by atoms with van der Waals surface area (Å²) in [5.41, 5.74) is 1.53. The molecule has 5 nitrogen and oxygen atoms in total. The predicted octanol–water partition coefficient (Wildman–Crippen LogP) is 0.649. The Hall–Kier alpha value is -1.59. The van der Waals surface area contributed by atoms with Gasteiger partial charge in [-0.3, -0.25) is 4.79 Å². The highest BCUT2D eigenvalue weighted by Crippen LogP contribution is 2.21. The third kappa shape index (κ3) is 4.35. The molecule has 18 heavy (non-hydrogen) atoms. The van der Waals surface area contributed by atoms with Crippen LogP contribution in [-0.4, -0.2) is 35.8 Å². The Labute approximate surface area is 107 Å². The number of carbonyl (C=O) groups is 1. The van der Waals surface area contributed by atoms with Crippen LogP contribution in [0.5, 0.6) is 0 Å². The fourth-order valence-corrected chi connectivity index (χ4v) is 1.65. The van der Waals surface area contributed by atoms with Crippen molar-refractivity contribution in [1.29, 1.82) is 0 Å². The average Bonchev–Trinajstić information content (AvgIpc) is 2.37. The summed E-state index contributed by atoms with van der Waals surface area (Å²) < 4.78 is 0. The van der Waals surface area contributed by atoms with E-state index >= 15 is 0 Å². The second kappa shape index (κ2) is 6.98. The molecular weight excluding hydrogens is 232 g/mol. The number of nitrogens with one attached hydrogen (secondary N) is 2. The van der Waals surface area contributed by atoms with Gasteiger partial charge in [0.05, 0.1) is 6.10 Å². The summed E-state index contributed by atoms with van der Waals surface area (Å²) in [6, 6.07) is 7.23. The first kappa shape index (κ1) is 14.5. The van der Waals surface area contributed by atoms with Gasteiger partial charge in [-0.15, -0.1) is 0 Å². The smallest absolute Gasteiger partial charge is 0.216 e. The van der Waals surface area contributed by atoms with Crippen molar-refractivity contribution in [3.8, 4) is 0 Å². The molecule has 0 saturated heterocycles. The fraction of sp³-hybridized carbons (Fsp3) is 0.462. The number of carbonyl (C=O) groups excluding carboxylic acids is 1. The van der Waals surface area contributed by atoms with E-state index in [1.807, 2.05) is 12.1 Å². The highest BCUT2D eigenvalue weighted by Gasteiger charge is 2.18. The molecule has 1 aromatic carbocycles. The van der Waals surface area contributed by atoms with Crippen LogP contribution in [0.4, 0.5) is 5.69 Å². The minimum atomic E-state index is -0.952. The van der Waals surface area contributed by atoms with Gasteiger partial charge in [-0.05, 0) is 24.1 Å². The molecule has 0 aliphatic rings. The van der Waals surface area contributed by atoms with Crippen LogP contribution in [0.25, 0.3) is 0 Å². The van der Waals surface area contributed by atoms with Gasteiger partial charge >= 0.3 is 0 Å². The lowest BCUT2D eigenvalue weighted by Crippen LogP contribution is -2.27. The van der Waals surface area contributed by atoms with E-state index in [0.29, 0.717) is 18.5 Å². The van der Waals surface area contributed by atoms with Crippen molar-refractivity contribution in [3.05, 3.63) is 29.8 Å². The van der Waals surface area contributed by atoms with E-state index in [4.69, 9.17) is 0 Å². The van der Waals surface area contributed by atoms with E-state index in [1.54, 1.807) is 19.2 Å². The summed E-state index contributed by atoms with van der Waals surface area (Å²) in [6.45, 7) is 1.76. The van der Waals surface area contributed by atoms with Gasteiger partial charge in [-0.25, -0.2) is 0 Å². The van der Waals surface area contributed by atoms with E-state index in [2.05, 4.69) is 10.6 Å². The van der Waals surface area contributed by atoms with Crippen molar-refractivity contribution in [2.45, 2.75) is 25.6 Å². The first-order valence-electron chi connectivity index (χ1n) is 5.93. The van der Waals surface area contributed by atoms with Crippen LogP contribution >= 0.6 is 0 Å². The van der Waals surface area contributed by atoms with E-state index < -0.39 is 12.2 Å². The summed E-state index contributed by atoms with van der Waals surface area (Å²) in [6.07, 6.45) is -1.54.